The second-order valence-electron chi connectivity index (χ2n) is 4.61. The number of halogens is 1. The standard InChI is InChI=1S/C14H12ClN3O2S/c1-9-11(15)4-2-7-14(9)21(19,20)18-13-6-3-5-12-10(13)8-16-17-12/h2-8,18H,1H3,(H,16,17). The van der Waals surface area contributed by atoms with Gasteiger partial charge in [-0.25, -0.2) is 8.42 Å². The lowest BCUT2D eigenvalue weighted by atomic mass is 10.2. The third-order valence-electron chi connectivity index (χ3n) is 3.24. The Morgan fingerprint density at radius 1 is 1.19 bits per heavy atom. The van der Waals surface area contributed by atoms with Crippen molar-refractivity contribution in [3.05, 3.63) is 53.2 Å². The zero-order valence-electron chi connectivity index (χ0n) is 11.1. The number of aromatic nitrogens is 2. The highest BCUT2D eigenvalue weighted by Gasteiger charge is 2.19. The number of benzene rings is 2. The van der Waals surface area contributed by atoms with Gasteiger partial charge >= 0.3 is 0 Å². The molecule has 0 bridgehead atoms. The lowest BCUT2D eigenvalue weighted by Gasteiger charge is -2.11. The number of nitrogens with one attached hydrogen (secondary N) is 2. The van der Waals surface area contributed by atoms with Gasteiger partial charge in [0.1, 0.15) is 0 Å². The van der Waals surface area contributed by atoms with Crippen LogP contribution in [0.2, 0.25) is 5.02 Å². The van der Waals surface area contributed by atoms with Crippen LogP contribution in [-0.4, -0.2) is 18.6 Å². The maximum atomic E-state index is 12.5. The molecule has 0 atom stereocenters. The topological polar surface area (TPSA) is 74.8 Å². The molecule has 1 heterocycles. The summed E-state index contributed by atoms with van der Waals surface area (Å²) in [7, 11) is -3.71. The number of sulfonamides is 1. The molecule has 0 aliphatic rings. The van der Waals surface area contributed by atoms with Crippen molar-refractivity contribution in [2.45, 2.75) is 11.8 Å². The Labute approximate surface area is 127 Å². The number of aromatic amines is 1. The number of hydrogen-bond acceptors (Lipinski definition) is 3. The normalized spacial score (nSPS) is 11.7. The minimum atomic E-state index is -3.71. The highest BCUT2D eigenvalue weighted by Crippen LogP contribution is 2.27. The number of H-pyrrole nitrogens is 1. The number of fused-ring (bicyclic) bond motifs is 1. The number of rotatable bonds is 3. The lowest BCUT2D eigenvalue weighted by molar-refractivity contribution is 0.600. The second-order valence-corrected chi connectivity index (χ2v) is 6.66. The van der Waals surface area contributed by atoms with Crippen LogP contribution in [0, 0.1) is 6.92 Å². The van der Waals surface area contributed by atoms with Crippen LogP contribution in [0.15, 0.2) is 47.5 Å². The van der Waals surface area contributed by atoms with Gasteiger partial charge in [-0.15, -0.1) is 0 Å². The summed E-state index contributed by atoms with van der Waals surface area (Å²) >= 11 is 5.99. The van der Waals surface area contributed by atoms with Crippen molar-refractivity contribution in [3.8, 4) is 0 Å². The Morgan fingerprint density at radius 2 is 1.95 bits per heavy atom. The number of nitrogens with zero attached hydrogens (tertiary/aromatic N) is 1. The summed E-state index contributed by atoms with van der Waals surface area (Å²) in [6, 6.07) is 10.1. The molecule has 0 fully saturated rings. The van der Waals surface area contributed by atoms with Gasteiger partial charge in [0.2, 0.25) is 0 Å². The van der Waals surface area contributed by atoms with E-state index in [1.54, 1.807) is 37.4 Å². The monoisotopic (exact) mass is 321 g/mol. The summed E-state index contributed by atoms with van der Waals surface area (Å²) < 4.78 is 27.7. The molecule has 108 valence electrons. The average molecular weight is 322 g/mol. The zero-order valence-corrected chi connectivity index (χ0v) is 12.7. The molecule has 0 spiro atoms. The van der Waals surface area contributed by atoms with E-state index in [9.17, 15) is 8.42 Å². The summed E-state index contributed by atoms with van der Waals surface area (Å²) in [4.78, 5) is 0.162. The molecule has 21 heavy (non-hydrogen) atoms. The van der Waals surface area contributed by atoms with Crippen LogP contribution >= 0.6 is 11.6 Å². The van der Waals surface area contributed by atoms with E-state index in [0.717, 1.165) is 5.52 Å². The molecule has 0 aliphatic carbocycles. The largest absolute Gasteiger partial charge is 0.279 e. The van der Waals surface area contributed by atoms with E-state index in [0.29, 0.717) is 21.7 Å². The van der Waals surface area contributed by atoms with Crippen LogP contribution in [0.1, 0.15) is 5.56 Å². The van der Waals surface area contributed by atoms with E-state index in [1.807, 2.05) is 6.07 Å². The van der Waals surface area contributed by atoms with Gasteiger partial charge in [0.25, 0.3) is 10.0 Å². The first-order valence-corrected chi connectivity index (χ1v) is 8.05. The van der Waals surface area contributed by atoms with Crippen LogP contribution in [0.25, 0.3) is 10.9 Å². The third-order valence-corrected chi connectivity index (χ3v) is 5.16. The molecule has 2 N–H and O–H groups in total. The SMILES string of the molecule is Cc1c(Cl)cccc1S(=O)(=O)Nc1cccc2[nH]ncc12. The highest BCUT2D eigenvalue weighted by molar-refractivity contribution is 7.92. The zero-order chi connectivity index (χ0) is 15.0. The first-order valence-electron chi connectivity index (χ1n) is 6.19. The molecule has 3 aromatic rings. The fourth-order valence-electron chi connectivity index (χ4n) is 2.14. The minimum absolute atomic E-state index is 0.162. The van der Waals surface area contributed by atoms with Crippen molar-refractivity contribution in [3.63, 3.8) is 0 Å². The van der Waals surface area contributed by atoms with Gasteiger partial charge in [0.05, 0.1) is 22.3 Å². The molecular weight excluding hydrogens is 310 g/mol. The Hall–Kier alpha value is -2.05. The van der Waals surface area contributed by atoms with Gasteiger partial charge in [0, 0.05) is 10.4 Å². The number of hydrogen-bond donors (Lipinski definition) is 2. The maximum absolute atomic E-state index is 12.5. The molecule has 0 saturated heterocycles. The molecule has 7 heteroatoms. The van der Waals surface area contributed by atoms with Crippen molar-refractivity contribution >= 4 is 38.2 Å². The van der Waals surface area contributed by atoms with Gasteiger partial charge in [-0.1, -0.05) is 23.7 Å². The van der Waals surface area contributed by atoms with Crippen molar-refractivity contribution in [2.24, 2.45) is 0 Å². The third kappa shape index (κ3) is 2.48. The van der Waals surface area contributed by atoms with Gasteiger partial charge < -0.3 is 0 Å². The molecule has 3 rings (SSSR count). The smallest absolute Gasteiger partial charge is 0.262 e. The first-order chi connectivity index (χ1) is 9.99. The minimum Gasteiger partial charge on any atom is -0.279 e. The van der Waals surface area contributed by atoms with Gasteiger partial charge in [-0.2, -0.15) is 5.10 Å². The van der Waals surface area contributed by atoms with Crippen LogP contribution in [0.5, 0.6) is 0 Å². The molecule has 0 radical (unpaired) electrons. The van der Waals surface area contributed by atoms with Gasteiger partial charge in [-0.3, -0.25) is 9.82 Å². The molecule has 0 unspecified atom stereocenters. The van der Waals surface area contributed by atoms with Crippen molar-refractivity contribution in [2.75, 3.05) is 4.72 Å². The fraction of sp³-hybridized carbons (Fsp3) is 0.0714. The molecule has 0 aliphatic heterocycles. The summed E-state index contributed by atoms with van der Waals surface area (Å²) in [6.07, 6.45) is 1.58. The Bertz CT molecular complexity index is 919. The molecule has 0 amide bonds. The maximum Gasteiger partial charge on any atom is 0.262 e. The van der Waals surface area contributed by atoms with E-state index in [2.05, 4.69) is 14.9 Å². The van der Waals surface area contributed by atoms with Crippen LogP contribution in [-0.2, 0) is 10.0 Å². The lowest BCUT2D eigenvalue weighted by Crippen LogP contribution is -2.14. The van der Waals surface area contributed by atoms with E-state index < -0.39 is 10.0 Å². The van der Waals surface area contributed by atoms with E-state index >= 15 is 0 Å². The van der Waals surface area contributed by atoms with Gasteiger partial charge in [-0.05, 0) is 36.8 Å². The molecule has 5 nitrogen and oxygen atoms in total. The molecule has 0 saturated carbocycles. The first kappa shape index (κ1) is 13.9. The van der Waals surface area contributed by atoms with Crippen molar-refractivity contribution in [1.29, 1.82) is 0 Å². The van der Waals surface area contributed by atoms with Gasteiger partial charge in [0.15, 0.2) is 0 Å². The quantitative estimate of drug-likeness (QED) is 0.777. The predicted octanol–water partition coefficient (Wildman–Crippen LogP) is 3.33. The Balaban J connectivity index is 2.08. The number of anilines is 1. The highest BCUT2D eigenvalue weighted by atomic mass is 35.5. The average Bonchev–Trinajstić information content (AvgIpc) is 2.91. The Kier molecular flexibility index (Phi) is 3.35. The van der Waals surface area contributed by atoms with E-state index in [-0.39, 0.29) is 4.90 Å². The van der Waals surface area contributed by atoms with Crippen LogP contribution in [0.4, 0.5) is 5.69 Å². The summed E-state index contributed by atoms with van der Waals surface area (Å²) in [5, 5.41) is 7.84. The molecular formula is C14H12ClN3O2S. The molecule has 2 aromatic carbocycles. The second kappa shape index (κ2) is 5.05. The predicted molar refractivity (Wildman–Crippen MR) is 83.1 cm³/mol. The Morgan fingerprint density at radius 3 is 2.76 bits per heavy atom. The molecule has 1 aromatic heterocycles. The van der Waals surface area contributed by atoms with Crippen LogP contribution < -0.4 is 4.72 Å². The summed E-state index contributed by atoms with van der Waals surface area (Å²) in [5.41, 5.74) is 1.75. The van der Waals surface area contributed by atoms with Crippen LogP contribution in [0.3, 0.4) is 0 Å². The van der Waals surface area contributed by atoms with E-state index in [4.69, 9.17) is 11.6 Å². The summed E-state index contributed by atoms with van der Waals surface area (Å²) in [6.45, 7) is 1.68. The fourth-order valence-corrected chi connectivity index (χ4v) is 3.71. The van der Waals surface area contributed by atoms with Crippen molar-refractivity contribution < 1.29 is 8.42 Å². The van der Waals surface area contributed by atoms with E-state index in [1.165, 1.54) is 6.07 Å². The summed E-state index contributed by atoms with van der Waals surface area (Å²) in [5.74, 6) is 0. The van der Waals surface area contributed by atoms with Crippen molar-refractivity contribution in [1.82, 2.24) is 10.2 Å².